The lowest BCUT2D eigenvalue weighted by Crippen LogP contribution is -2.30. The van der Waals surface area contributed by atoms with Gasteiger partial charge in [-0.1, -0.05) is 5.11 Å². The Bertz CT molecular complexity index is 621. The normalized spacial score (nSPS) is 12.7. The Morgan fingerprint density at radius 1 is 1.62 bits per heavy atom. The van der Waals surface area contributed by atoms with Crippen LogP contribution in [0.5, 0.6) is 0 Å². The predicted molar refractivity (Wildman–Crippen MR) is 73.3 cm³/mol. The molecule has 1 heterocycles. The largest absolute Gasteiger partial charge is 0.383 e. The van der Waals surface area contributed by atoms with Crippen LogP contribution >= 0.6 is 7.60 Å². The van der Waals surface area contributed by atoms with Gasteiger partial charge in [0.05, 0.1) is 12.6 Å². The fourth-order valence-electron chi connectivity index (χ4n) is 1.48. The number of ether oxygens (including phenoxy) is 1. The van der Waals surface area contributed by atoms with E-state index in [1.165, 1.54) is 16.8 Å². The van der Waals surface area contributed by atoms with E-state index in [1.54, 1.807) is 0 Å². The molecule has 0 aliphatic carbocycles. The minimum Gasteiger partial charge on any atom is -0.383 e. The second kappa shape index (κ2) is 7.77. The summed E-state index contributed by atoms with van der Waals surface area (Å²) in [4.78, 5) is 35.3. The molecule has 0 saturated carbocycles. The minimum atomic E-state index is -4.33. The molecule has 0 amide bonds. The Morgan fingerprint density at radius 2 is 2.33 bits per heavy atom. The van der Waals surface area contributed by atoms with Crippen LogP contribution in [-0.4, -0.2) is 38.3 Å². The quantitative estimate of drug-likeness (QED) is 0.262. The lowest BCUT2D eigenvalue weighted by atomic mass is 10.2. The van der Waals surface area contributed by atoms with E-state index in [1.807, 2.05) is 0 Å². The van der Waals surface area contributed by atoms with Crippen LogP contribution < -0.4 is 11.4 Å². The maximum Gasteiger partial charge on any atom is 0.350 e. The molecule has 1 aromatic heterocycles. The molecule has 1 rings (SSSR count). The maximum atomic E-state index is 11.6. The summed E-state index contributed by atoms with van der Waals surface area (Å²) >= 11 is 0. The Hall–Kier alpha value is -1.90. The molecule has 1 aromatic rings. The van der Waals surface area contributed by atoms with Gasteiger partial charge in [0.15, 0.2) is 0 Å². The van der Waals surface area contributed by atoms with Crippen molar-refractivity contribution in [2.75, 3.05) is 18.6 Å². The fraction of sp³-hybridized carbons (Fsp3) is 0.556. The first kappa shape index (κ1) is 17.2. The van der Waals surface area contributed by atoms with E-state index in [0.717, 1.165) is 0 Å². The van der Waals surface area contributed by atoms with Crippen molar-refractivity contribution in [3.05, 3.63) is 33.2 Å². The van der Waals surface area contributed by atoms with Crippen molar-refractivity contribution in [2.45, 2.75) is 19.1 Å². The van der Waals surface area contributed by atoms with Gasteiger partial charge >= 0.3 is 13.3 Å². The summed E-state index contributed by atoms with van der Waals surface area (Å²) in [5, 5.41) is 3.32. The van der Waals surface area contributed by atoms with Crippen molar-refractivity contribution in [1.82, 2.24) is 9.55 Å². The van der Waals surface area contributed by atoms with Gasteiger partial charge in [0.1, 0.15) is 12.2 Å². The highest BCUT2D eigenvalue weighted by atomic mass is 31.2. The van der Waals surface area contributed by atoms with Crippen LogP contribution in [0.25, 0.3) is 10.4 Å². The number of hydrogen-bond acceptors (Lipinski definition) is 6. The zero-order valence-electron chi connectivity index (χ0n) is 10.9. The highest BCUT2D eigenvalue weighted by Crippen LogP contribution is 2.34. The van der Waals surface area contributed by atoms with Gasteiger partial charge in [-0.25, -0.2) is 4.79 Å². The highest BCUT2D eigenvalue weighted by Gasteiger charge is 2.18. The van der Waals surface area contributed by atoms with Crippen LogP contribution in [0.15, 0.2) is 22.2 Å². The van der Waals surface area contributed by atoms with Crippen molar-refractivity contribution in [3.63, 3.8) is 0 Å². The van der Waals surface area contributed by atoms with E-state index < -0.39 is 25.7 Å². The van der Waals surface area contributed by atoms with Crippen LogP contribution in [0.3, 0.4) is 0 Å². The smallest absolute Gasteiger partial charge is 0.350 e. The highest BCUT2D eigenvalue weighted by molar-refractivity contribution is 7.51. The third-order valence-electron chi connectivity index (χ3n) is 2.39. The van der Waals surface area contributed by atoms with E-state index in [9.17, 15) is 9.36 Å². The van der Waals surface area contributed by atoms with Gasteiger partial charge in [0, 0.05) is 17.7 Å². The molecule has 116 valence electrons. The molecule has 11 nitrogen and oxygen atoms in total. The van der Waals surface area contributed by atoms with E-state index in [-0.39, 0.29) is 25.3 Å². The average molecular weight is 318 g/mol. The van der Waals surface area contributed by atoms with Crippen molar-refractivity contribution in [2.24, 2.45) is 5.11 Å². The van der Waals surface area contributed by atoms with Gasteiger partial charge in [0.2, 0.25) is 0 Å². The number of hydrogen-bond donors (Lipinski definition) is 3. The Kier molecular flexibility index (Phi) is 6.35. The lowest BCUT2D eigenvalue weighted by molar-refractivity contribution is 0.0568. The first-order valence-corrected chi connectivity index (χ1v) is 7.61. The third kappa shape index (κ3) is 6.89. The van der Waals surface area contributed by atoms with Crippen LogP contribution in [0.2, 0.25) is 0 Å². The zero-order chi connectivity index (χ0) is 15.9. The standard InChI is InChI=1S/C9H15N6O5P/c10-8-2-4-15(9(16)13-8)5-7(1-3-12-14-11)20-6-21(17,18)19/h2,4,7H,1,3,5-6H2,(H2,10,13,16)(H2,17,18,19)/t7-/m0/s1. The predicted octanol–water partition coefficient (Wildman–Crippen LogP) is 0.0463. The third-order valence-corrected chi connectivity index (χ3v) is 2.87. The molecule has 21 heavy (non-hydrogen) atoms. The molecule has 1 atom stereocenters. The number of nitrogens with two attached hydrogens (primary N) is 1. The van der Waals surface area contributed by atoms with Gasteiger partial charge < -0.3 is 20.3 Å². The zero-order valence-corrected chi connectivity index (χ0v) is 11.8. The molecule has 0 spiro atoms. The second-order valence-electron chi connectivity index (χ2n) is 4.11. The first-order chi connectivity index (χ1) is 9.81. The molecular weight excluding hydrogens is 303 g/mol. The Balaban J connectivity index is 2.77. The van der Waals surface area contributed by atoms with Crippen LogP contribution in [-0.2, 0) is 15.8 Å². The van der Waals surface area contributed by atoms with Crippen LogP contribution in [0.1, 0.15) is 6.42 Å². The van der Waals surface area contributed by atoms with Gasteiger partial charge in [-0.05, 0) is 18.0 Å². The number of nitrogen functional groups attached to an aromatic ring is 1. The number of aromatic nitrogens is 2. The Morgan fingerprint density at radius 3 is 2.90 bits per heavy atom. The second-order valence-corrected chi connectivity index (χ2v) is 5.70. The molecule has 0 radical (unpaired) electrons. The average Bonchev–Trinajstić information content (AvgIpc) is 2.38. The van der Waals surface area contributed by atoms with Gasteiger partial charge in [-0.2, -0.15) is 4.98 Å². The number of rotatable bonds is 8. The van der Waals surface area contributed by atoms with E-state index in [4.69, 9.17) is 25.8 Å². The van der Waals surface area contributed by atoms with Crippen molar-refractivity contribution in [1.29, 1.82) is 0 Å². The molecule has 0 bridgehead atoms. The fourth-order valence-corrected chi connectivity index (χ4v) is 1.88. The molecule has 0 unspecified atom stereocenters. The summed E-state index contributed by atoms with van der Waals surface area (Å²) in [6, 6.07) is 1.41. The van der Waals surface area contributed by atoms with Crippen molar-refractivity contribution >= 4 is 13.4 Å². The summed E-state index contributed by atoms with van der Waals surface area (Å²) in [5.41, 5.74) is 13.0. The maximum absolute atomic E-state index is 11.6. The monoisotopic (exact) mass is 318 g/mol. The van der Waals surface area contributed by atoms with Crippen LogP contribution in [0.4, 0.5) is 5.82 Å². The van der Waals surface area contributed by atoms with E-state index >= 15 is 0 Å². The van der Waals surface area contributed by atoms with Gasteiger partial charge in [-0.15, -0.1) is 0 Å². The minimum absolute atomic E-state index is 0.00701. The molecule has 0 saturated heterocycles. The summed E-state index contributed by atoms with van der Waals surface area (Å²) in [6.07, 6.45) is 0.0872. The Labute approximate surface area is 119 Å². The molecule has 0 aromatic carbocycles. The summed E-state index contributed by atoms with van der Waals surface area (Å²) in [6.45, 7) is 0.0759. The molecule has 0 fully saturated rings. The lowest BCUT2D eigenvalue weighted by Gasteiger charge is -2.18. The van der Waals surface area contributed by atoms with E-state index in [0.29, 0.717) is 0 Å². The topological polar surface area (TPSA) is 176 Å². The number of anilines is 1. The molecule has 12 heteroatoms. The van der Waals surface area contributed by atoms with Crippen LogP contribution in [0, 0.1) is 0 Å². The molecular formula is C9H15N6O5P. The SMILES string of the molecule is [N-]=[N+]=NCC[C@@H](Cn1ccc(N)nc1=O)OCP(=O)(O)O. The number of nitrogens with zero attached hydrogens (tertiary/aromatic N) is 5. The number of azide groups is 1. The van der Waals surface area contributed by atoms with Crippen molar-refractivity contribution < 1.29 is 19.1 Å². The molecule has 4 N–H and O–H groups in total. The van der Waals surface area contributed by atoms with E-state index in [2.05, 4.69) is 15.0 Å². The van der Waals surface area contributed by atoms with Crippen molar-refractivity contribution in [3.8, 4) is 0 Å². The molecule has 0 aliphatic heterocycles. The van der Waals surface area contributed by atoms with Gasteiger partial charge in [0.25, 0.3) is 0 Å². The summed E-state index contributed by atoms with van der Waals surface area (Å²) in [7, 11) is -4.33. The van der Waals surface area contributed by atoms with Gasteiger partial charge in [-0.3, -0.25) is 9.13 Å². The summed E-state index contributed by atoms with van der Waals surface area (Å²) in [5.74, 6) is 0.0676. The summed E-state index contributed by atoms with van der Waals surface area (Å²) < 4.78 is 17.1. The molecule has 0 aliphatic rings. The first-order valence-electron chi connectivity index (χ1n) is 5.82.